The second-order valence-corrected chi connectivity index (χ2v) is 4.54. The molecule has 15 heavy (non-hydrogen) atoms. The lowest BCUT2D eigenvalue weighted by Crippen LogP contribution is -2.13. The van der Waals surface area contributed by atoms with Gasteiger partial charge < -0.3 is 5.32 Å². The van der Waals surface area contributed by atoms with Gasteiger partial charge in [-0.15, -0.1) is 0 Å². The van der Waals surface area contributed by atoms with Gasteiger partial charge in [0.25, 0.3) is 0 Å². The van der Waals surface area contributed by atoms with Gasteiger partial charge in [-0.3, -0.25) is 0 Å². The highest BCUT2D eigenvalue weighted by Crippen LogP contribution is 2.23. The van der Waals surface area contributed by atoms with E-state index in [1.54, 1.807) is 0 Å². The zero-order valence-corrected chi connectivity index (χ0v) is 11.1. The van der Waals surface area contributed by atoms with E-state index in [4.69, 9.17) is 11.6 Å². The highest BCUT2D eigenvalue weighted by atomic mass is 79.9. The number of benzene rings is 1. The summed E-state index contributed by atoms with van der Waals surface area (Å²) in [5.41, 5.74) is 1.16. The molecule has 0 saturated heterocycles. The van der Waals surface area contributed by atoms with E-state index in [1.807, 2.05) is 18.2 Å². The molecule has 0 aliphatic carbocycles. The molecular formula is C12H15BrClN. The summed E-state index contributed by atoms with van der Waals surface area (Å²) >= 11 is 9.30. The third-order valence-corrected chi connectivity index (χ3v) is 3.16. The Balaban J connectivity index is 2.46. The zero-order valence-electron chi connectivity index (χ0n) is 8.76. The lowest BCUT2D eigenvalue weighted by atomic mass is 10.2. The average Bonchev–Trinajstić information content (AvgIpc) is 2.23. The zero-order chi connectivity index (χ0) is 11.1. The molecule has 0 aliphatic rings. The van der Waals surface area contributed by atoms with Gasteiger partial charge in [-0.2, -0.15) is 0 Å². The van der Waals surface area contributed by atoms with Crippen molar-refractivity contribution in [2.45, 2.75) is 13.3 Å². The minimum absolute atomic E-state index is 0.747. The van der Waals surface area contributed by atoms with Crippen molar-refractivity contribution in [3.05, 3.63) is 39.3 Å². The monoisotopic (exact) mass is 287 g/mol. The predicted octanol–water partition coefficient (Wildman–Crippen LogP) is 4.12. The lowest BCUT2D eigenvalue weighted by molar-refractivity contribution is 0.730. The van der Waals surface area contributed by atoms with E-state index in [0.717, 1.165) is 28.1 Å². The van der Waals surface area contributed by atoms with Gasteiger partial charge in [0.1, 0.15) is 0 Å². The average molecular weight is 289 g/mol. The first-order valence-corrected chi connectivity index (χ1v) is 6.23. The van der Waals surface area contributed by atoms with Crippen molar-refractivity contribution < 1.29 is 0 Å². The number of hydrogen-bond acceptors (Lipinski definition) is 1. The molecule has 0 spiro atoms. The van der Waals surface area contributed by atoms with Crippen molar-refractivity contribution in [2.75, 3.05) is 13.1 Å². The van der Waals surface area contributed by atoms with Crippen LogP contribution in [0.15, 0.2) is 28.7 Å². The van der Waals surface area contributed by atoms with Crippen LogP contribution in [0.25, 0.3) is 6.08 Å². The Morgan fingerprint density at radius 3 is 2.93 bits per heavy atom. The molecule has 0 fully saturated rings. The third kappa shape index (κ3) is 4.83. The summed E-state index contributed by atoms with van der Waals surface area (Å²) in [6.07, 6.45) is 5.37. The molecule has 0 bridgehead atoms. The largest absolute Gasteiger partial charge is 0.313 e. The molecule has 0 saturated carbocycles. The Labute approximate surface area is 105 Å². The molecule has 1 N–H and O–H groups in total. The first-order chi connectivity index (χ1) is 7.24. The predicted molar refractivity (Wildman–Crippen MR) is 71.3 cm³/mol. The number of nitrogens with one attached hydrogen (secondary N) is 1. The molecule has 1 nitrogen and oxygen atoms in total. The highest BCUT2D eigenvalue weighted by Gasteiger charge is 1.95. The number of halogens is 2. The van der Waals surface area contributed by atoms with E-state index in [0.29, 0.717) is 0 Å². The van der Waals surface area contributed by atoms with E-state index in [2.05, 4.69) is 40.3 Å². The Kier molecular flexibility index (Phi) is 5.99. The molecule has 3 heteroatoms. The van der Waals surface area contributed by atoms with Gasteiger partial charge in [0, 0.05) is 11.0 Å². The number of hydrogen-bond donors (Lipinski definition) is 1. The van der Waals surface area contributed by atoms with Crippen molar-refractivity contribution in [3.8, 4) is 0 Å². The molecule has 0 aromatic heterocycles. The van der Waals surface area contributed by atoms with E-state index in [9.17, 15) is 0 Å². The second kappa shape index (κ2) is 7.04. The van der Waals surface area contributed by atoms with Gasteiger partial charge >= 0.3 is 0 Å². The summed E-state index contributed by atoms with van der Waals surface area (Å²) in [4.78, 5) is 0. The van der Waals surface area contributed by atoms with Crippen LogP contribution in [-0.4, -0.2) is 13.1 Å². The highest BCUT2D eigenvalue weighted by molar-refractivity contribution is 9.10. The van der Waals surface area contributed by atoms with E-state index in [-0.39, 0.29) is 0 Å². The maximum Gasteiger partial charge on any atom is 0.0548 e. The molecule has 0 atom stereocenters. The summed E-state index contributed by atoms with van der Waals surface area (Å²) in [6.45, 7) is 4.13. The van der Waals surface area contributed by atoms with Crippen LogP contribution in [0.5, 0.6) is 0 Å². The van der Waals surface area contributed by atoms with Gasteiger partial charge in [-0.25, -0.2) is 0 Å². The summed E-state index contributed by atoms with van der Waals surface area (Å²) < 4.78 is 0.938. The van der Waals surface area contributed by atoms with Crippen molar-refractivity contribution in [3.63, 3.8) is 0 Å². The van der Waals surface area contributed by atoms with Gasteiger partial charge in [-0.05, 0) is 46.6 Å². The summed E-state index contributed by atoms with van der Waals surface area (Å²) in [7, 11) is 0. The fraction of sp³-hybridized carbons (Fsp3) is 0.333. The fourth-order valence-corrected chi connectivity index (χ4v) is 1.69. The summed E-state index contributed by atoms with van der Waals surface area (Å²) in [5, 5.41) is 4.05. The molecule has 0 radical (unpaired) electrons. The van der Waals surface area contributed by atoms with Gasteiger partial charge in [0.15, 0.2) is 0 Å². The van der Waals surface area contributed by atoms with Crippen LogP contribution in [0.2, 0.25) is 5.02 Å². The van der Waals surface area contributed by atoms with E-state index in [1.165, 1.54) is 6.42 Å². The molecule has 0 aliphatic heterocycles. The molecular weight excluding hydrogens is 273 g/mol. The third-order valence-electron chi connectivity index (χ3n) is 1.94. The number of rotatable bonds is 5. The summed E-state index contributed by atoms with van der Waals surface area (Å²) in [5.74, 6) is 0. The van der Waals surface area contributed by atoms with Crippen LogP contribution < -0.4 is 5.32 Å². The SMILES string of the molecule is CCCNC/C=C/c1ccc(Cl)c(Br)c1. The molecule has 1 aromatic carbocycles. The Bertz CT molecular complexity index is 336. The van der Waals surface area contributed by atoms with Crippen LogP contribution in [0.1, 0.15) is 18.9 Å². The topological polar surface area (TPSA) is 12.0 Å². The molecule has 0 heterocycles. The first kappa shape index (κ1) is 12.8. The molecule has 82 valence electrons. The van der Waals surface area contributed by atoms with Crippen molar-refractivity contribution in [1.29, 1.82) is 0 Å². The Morgan fingerprint density at radius 1 is 1.47 bits per heavy atom. The van der Waals surface area contributed by atoms with Crippen LogP contribution >= 0.6 is 27.5 Å². The fourth-order valence-electron chi connectivity index (χ4n) is 1.17. The minimum atomic E-state index is 0.747. The molecule has 0 amide bonds. The van der Waals surface area contributed by atoms with Crippen LogP contribution in [-0.2, 0) is 0 Å². The molecule has 1 aromatic rings. The van der Waals surface area contributed by atoms with Gasteiger partial charge in [0.05, 0.1) is 5.02 Å². The van der Waals surface area contributed by atoms with Crippen LogP contribution in [0, 0.1) is 0 Å². The molecule has 0 unspecified atom stereocenters. The normalized spacial score (nSPS) is 11.1. The lowest BCUT2D eigenvalue weighted by Gasteiger charge is -1.99. The minimum Gasteiger partial charge on any atom is -0.313 e. The van der Waals surface area contributed by atoms with Crippen LogP contribution in [0.3, 0.4) is 0 Å². The van der Waals surface area contributed by atoms with Gasteiger partial charge in [-0.1, -0.05) is 36.7 Å². The second-order valence-electron chi connectivity index (χ2n) is 3.28. The standard InChI is InChI=1S/C12H15BrClN/c1-2-7-15-8-3-4-10-5-6-12(14)11(13)9-10/h3-6,9,15H,2,7-8H2,1H3/b4-3+. The van der Waals surface area contributed by atoms with Crippen molar-refractivity contribution >= 4 is 33.6 Å². The molecule has 1 rings (SSSR count). The maximum atomic E-state index is 5.90. The van der Waals surface area contributed by atoms with Crippen LogP contribution in [0.4, 0.5) is 0 Å². The van der Waals surface area contributed by atoms with E-state index < -0.39 is 0 Å². The van der Waals surface area contributed by atoms with Gasteiger partial charge in [0.2, 0.25) is 0 Å². The van der Waals surface area contributed by atoms with Crippen molar-refractivity contribution in [2.24, 2.45) is 0 Å². The van der Waals surface area contributed by atoms with Crippen molar-refractivity contribution in [1.82, 2.24) is 5.32 Å². The maximum absolute atomic E-state index is 5.90. The summed E-state index contributed by atoms with van der Waals surface area (Å²) in [6, 6.07) is 5.91. The smallest absolute Gasteiger partial charge is 0.0548 e. The van der Waals surface area contributed by atoms with E-state index >= 15 is 0 Å². The Morgan fingerprint density at radius 2 is 2.27 bits per heavy atom. The quantitative estimate of drug-likeness (QED) is 0.804. The Hall–Kier alpha value is -0.310. The first-order valence-electron chi connectivity index (χ1n) is 5.06.